The van der Waals surface area contributed by atoms with Crippen LogP contribution in [-0.4, -0.2) is 151 Å². The Hall–Kier alpha value is -6.82. The number of aromatic nitrogens is 2. The number of cyclic esters (lactones) is 1. The molecule has 4 fully saturated rings. The number of hydrogen-bond acceptors (Lipinski definition) is 14. The van der Waals surface area contributed by atoms with Gasteiger partial charge in [0.2, 0.25) is 5.91 Å². The highest BCUT2D eigenvalue weighted by atomic mass is 32.2. The monoisotopic (exact) mass is 1140 g/mol. The van der Waals surface area contributed by atoms with Gasteiger partial charge in [0.05, 0.1) is 42.1 Å². The minimum atomic E-state index is -3.03. The number of phenols is 1. The van der Waals surface area contributed by atoms with Gasteiger partial charge in [-0.15, -0.1) is 0 Å². The highest BCUT2D eigenvalue weighted by molar-refractivity contribution is 7.91. The molecule has 4 aliphatic heterocycles. The molecule has 18 nitrogen and oxygen atoms in total. The van der Waals surface area contributed by atoms with Gasteiger partial charge in [0.15, 0.2) is 9.84 Å². The maximum Gasteiger partial charge on any atom is 0.324 e. The van der Waals surface area contributed by atoms with Gasteiger partial charge in [-0.3, -0.25) is 34.1 Å². The topological polar surface area (TPSA) is 228 Å². The summed E-state index contributed by atoms with van der Waals surface area (Å²) in [5, 5.41) is 17.1. The summed E-state index contributed by atoms with van der Waals surface area (Å²) in [7, 11) is 0.272. The SMILES string of the molecule is CCn1c(-c2cc(C#CCN3CCS(=O)(=O)CC3)cnc2[C@H](C)OC)c2c3cc(ccc31)-c1cc(O)cc(c1)C[C@H](NC(=O)[C@H](C1CCCC1)N(C)C(=O)[C@@H]1OCC[C@@H]1c1ccc(N)cc1)C(=O)N1CCC[C@H](N1)C(=O)OCC(C)(C)C2. The molecule has 5 aliphatic rings. The van der Waals surface area contributed by atoms with Crippen LogP contribution in [0.4, 0.5) is 5.69 Å². The van der Waals surface area contributed by atoms with Crippen molar-refractivity contribution in [2.75, 3.05) is 70.8 Å². The lowest BCUT2D eigenvalue weighted by molar-refractivity contribution is -0.155. The first-order chi connectivity index (χ1) is 39.3. The molecule has 6 heterocycles. The van der Waals surface area contributed by atoms with Gasteiger partial charge in [-0.05, 0) is 129 Å². The highest BCUT2D eigenvalue weighted by Crippen LogP contribution is 2.43. The first kappa shape index (κ1) is 58.4. The maximum absolute atomic E-state index is 15.2. The molecule has 0 spiro atoms. The number of benzene rings is 3. The molecule has 1 aliphatic carbocycles. The number of nitrogens with zero attached hydrogens (tertiary/aromatic N) is 5. The molecule has 82 heavy (non-hydrogen) atoms. The fourth-order valence-corrected chi connectivity index (χ4v) is 14.1. The van der Waals surface area contributed by atoms with Gasteiger partial charge in [0, 0.05) is 98.6 Å². The predicted molar refractivity (Wildman–Crippen MR) is 314 cm³/mol. The first-order valence-electron chi connectivity index (χ1n) is 29.0. The van der Waals surface area contributed by atoms with E-state index in [1.54, 1.807) is 32.5 Å². The number of amides is 3. The number of aromatic hydroxyl groups is 1. The number of pyridine rings is 1. The molecular weight excluding hydrogens is 1060 g/mol. The summed E-state index contributed by atoms with van der Waals surface area (Å²) in [5.41, 5.74) is 17.3. The number of carbonyl (C=O) groups excluding carboxylic acids is 4. The highest BCUT2D eigenvalue weighted by Gasteiger charge is 2.44. The van der Waals surface area contributed by atoms with Gasteiger partial charge >= 0.3 is 5.97 Å². The van der Waals surface area contributed by atoms with Crippen LogP contribution >= 0.6 is 0 Å². The van der Waals surface area contributed by atoms with Crippen LogP contribution in [0.25, 0.3) is 33.3 Å². The van der Waals surface area contributed by atoms with Gasteiger partial charge in [-0.1, -0.05) is 62.8 Å². The van der Waals surface area contributed by atoms with E-state index >= 15 is 9.59 Å². The minimum absolute atomic E-state index is 0.0239. The molecule has 0 radical (unpaired) electrons. The molecule has 6 bridgehead atoms. The van der Waals surface area contributed by atoms with Crippen molar-refractivity contribution < 1.29 is 46.9 Å². The lowest BCUT2D eigenvalue weighted by Gasteiger charge is -2.37. The Morgan fingerprint density at radius 2 is 1.74 bits per heavy atom. The Labute approximate surface area is 481 Å². The molecule has 2 aromatic heterocycles. The second kappa shape index (κ2) is 24.6. The summed E-state index contributed by atoms with van der Waals surface area (Å²) in [6.07, 6.45) is 5.75. The van der Waals surface area contributed by atoms with Gasteiger partial charge in [0.1, 0.15) is 30.0 Å². The number of hydrogen-bond donors (Lipinski definition) is 4. The number of rotatable bonds is 11. The third-order valence-electron chi connectivity index (χ3n) is 17.3. The van der Waals surface area contributed by atoms with Crippen molar-refractivity contribution >= 4 is 50.1 Å². The van der Waals surface area contributed by atoms with E-state index in [4.69, 9.17) is 24.9 Å². The molecule has 5 aromatic rings. The van der Waals surface area contributed by atoms with Crippen LogP contribution in [0.5, 0.6) is 5.75 Å². The molecule has 3 amide bonds. The normalized spacial score (nSPS) is 23.1. The first-order valence-corrected chi connectivity index (χ1v) is 30.8. The number of esters is 1. The third-order valence-corrected chi connectivity index (χ3v) is 18.9. The van der Waals surface area contributed by atoms with Crippen molar-refractivity contribution in [1.29, 1.82) is 0 Å². The number of carbonyl (C=O) groups is 4. The van der Waals surface area contributed by atoms with E-state index < -0.39 is 63.4 Å². The fourth-order valence-electron chi connectivity index (χ4n) is 12.8. The Balaban J connectivity index is 1.03. The number of nitrogens with two attached hydrogens (primary N) is 1. The Kier molecular flexibility index (Phi) is 17.5. The van der Waals surface area contributed by atoms with E-state index in [1.165, 1.54) is 9.91 Å². The van der Waals surface area contributed by atoms with Crippen molar-refractivity contribution in [3.63, 3.8) is 0 Å². The summed E-state index contributed by atoms with van der Waals surface area (Å²) >= 11 is 0. The lowest BCUT2D eigenvalue weighted by atomic mass is 9.84. The second-order valence-electron chi connectivity index (χ2n) is 23.8. The molecule has 436 valence electrons. The zero-order valence-corrected chi connectivity index (χ0v) is 48.9. The van der Waals surface area contributed by atoms with Crippen LogP contribution in [0.2, 0.25) is 0 Å². The average Bonchev–Trinajstić information content (AvgIpc) is 4.35. The fraction of sp³-hybridized carbons (Fsp3) is 0.508. The van der Waals surface area contributed by atoms with E-state index in [9.17, 15) is 23.1 Å². The van der Waals surface area contributed by atoms with E-state index in [0.29, 0.717) is 86.5 Å². The number of methoxy groups -OCH3 is 1. The van der Waals surface area contributed by atoms with E-state index in [0.717, 1.165) is 64.5 Å². The molecule has 6 atom stereocenters. The van der Waals surface area contributed by atoms with Crippen LogP contribution in [0.1, 0.15) is 113 Å². The number of nitrogen functional groups attached to an aromatic ring is 1. The van der Waals surface area contributed by atoms with Gasteiger partial charge in [0.25, 0.3) is 11.8 Å². The summed E-state index contributed by atoms with van der Waals surface area (Å²) in [6, 6.07) is 18.0. The molecule has 1 saturated carbocycles. The smallest absolute Gasteiger partial charge is 0.324 e. The number of anilines is 1. The number of sulfone groups is 1. The Morgan fingerprint density at radius 3 is 2.48 bits per heavy atom. The van der Waals surface area contributed by atoms with E-state index in [1.807, 2.05) is 48.2 Å². The summed E-state index contributed by atoms with van der Waals surface area (Å²) in [5.74, 6) is 4.63. The van der Waals surface area contributed by atoms with Crippen molar-refractivity contribution in [1.82, 2.24) is 35.1 Å². The summed E-state index contributed by atoms with van der Waals surface area (Å²) < 4.78 is 44.8. The summed E-state index contributed by atoms with van der Waals surface area (Å²) in [4.78, 5) is 67.8. The van der Waals surface area contributed by atoms with Crippen molar-refractivity contribution in [3.05, 3.63) is 101 Å². The lowest BCUT2D eigenvalue weighted by Crippen LogP contribution is -2.62. The molecule has 10 rings (SSSR count). The number of aryl methyl sites for hydroxylation is 1. The van der Waals surface area contributed by atoms with Crippen LogP contribution in [0.3, 0.4) is 0 Å². The average molecular weight is 1140 g/mol. The van der Waals surface area contributed by atoms with Crippen LogP contribution < -0.4 is 16.5 Å². The summed E-state index contributed by atoms with van der Waals surface area (Å²) in [6.45, 7) is 10.7. The van der Waals surface area contributed by atoms with Gasteiger partial charge in [-0.25, -0.2) is 13.8 Å². The minimum Gasteiger partial charge on any atom is -0.508 e. The van der Waals surface area contributed by atoms with Crippen molar-refractivity contribution in [3.8, 4) is 40.0 Å². The van der Waals surface area contributed by atoms with E-state index in [2.05, 4.69) is 66.1 Å². The Morgan fingerprint density at radius 1 is 0.988 bits per heavy atom. The molecule has 5 N–H and O–H groups in total. The second-order valence-corrected chi connectivity index (χ2v) is 26.1. The number of phenolic OH excluding ortho intramolecular Hbond substituents is 1. The molecular formula is C63H78N8O10S. The van der Waals surface area contributed by atoms with E-state index in [-0.39, 0.29) is 54.6 Å². The molecule has 3 saturated heterocycles. The number of likely N-dealkylation sites (N-methyl/N-ethyl adjacent to an activating group) is 1. The number of ether oxygens (including phenoxy) is 3. The Bertz CT molecular complexity index is 3390. The third kappa shape index (κ3) is 12.7. The van der Waals surface area contributed by atoms with Crippen LogP contribution in [-0.2, 0) is 62.6 Å². The number of hydrazine groups is 1. The molecule has 0 unspecified atom stereocenters. The zero-order valence-electron chi connectivity index (χ0n) is 48.0. The molecule has 19 heteroatoms. The largest absolute Gasteiger partial charge is 0.508 e. The van der Waals surface area contributed by atoms with Gasteiger partial charge < -0.3 is 39.8 Å². The number of nitrogens with one attached hydrogen (secondary N) is 2. The number of fused-ring (bicyclic) bond motifs is 6. The van der Waals surface area contributed by atoms with Crippen LogP contribution in [0.15, 0.2) is 72.9 Å². The van der Waals surface area contributed by atoms with Crippen molar-refractivity contribution in [2.24, 2.45) is 11.3 Å². The molecule has 3 aromatic carbocycles. The predicted octanol–water partition coefficient (Wildman–Crippen LogP) is 6.71. The zero-order chi connectivity index (χ0) is 58.0. The standard InChI is InChI=1S/C63H78N8O10S/c1-7-70-54-21-18-44-35-49(54)51(57(70)50-32-40(37-65-55(50)39(2)79-6)12-10-23-69-25-28-82(77,78)29-26-69)36-63(3,4)38-81-62(76)52-15-11-24-71(67-52)60(74)53(33-41-30-45(44)34-47(72)31-41)66-59(73)56(43-13-8-9-14-43)68(5)61(75)58-48(22-27-80-58)42-16-19-46(64)20-17-42/h16-21,30-32,34-35,37,39,43,48,52-53,56,58,67,72H,7-9,11,13-15,22-29,33,36,38,64H2,1-6H3,(H,66,73)/t39-,48+,52-,53-,56-,58+/m0/s1. The van der Waals surface area contributed by atoms with Crippen LogP contribution in [0, 0.1) is 23.2 Å². The maximum atomic E-state index is 15.2. The quantitative estimate of drug-likeness (QED) is 0.0613. The van der Waals surface area contributed by atoms with Crippen molar-refractivity contribution in [2.45, 2.75) is 128 Å². The van der Waals surface area contributed by atoms with Gasteiger partial charge in [-0.2, -0.15) is 0 Å².